The highest BCUT2D eigenvalue weighted by molar-refractivity contribution is 7.85. The van der Waals surface area contributed by atoms with Gasteiger partial charge in [-0.15, -0.1) is 0 Å². The highest BCUT2D eigenvalue weighted by Gasteiger charge is 2.34. The van der Waals surface area contributed by atoms with E-state index in [2.05, 4.69) is 91.9 Å². The van der Waals surface area contributed by atoms with Crippen LogP contribution in [0.2, 0.25) is 0 Å². The Kier molecular flexibility index (Phi) is 6.28. The van der Waals surface area contributed by atoms with Crippen molar-refractivity contribution in [3.63, 3.8) is 0 Å². The molecule has 2 nitrogen and oxygen atoms in total. The average Bonchev–Trinajstić information content (AvgIpc) is 3.07. The van der Waals surface area contributed by atoms with E-state index < -0.39 is 7.14 Å². The van der Waals surface area contributed by atoms with Crippen LogP contribution in [-0.4, -0.2) is 0 Å². The Bertz CT molecular complexity index is 2050. The molecule has 3 unspecified atom stereocenters. The Balaban J connectivity index is 1.35. The summed E-state index contributed by atoms with van der Waals surface area (Å²) < 4.78 is 15.0. The largest absolute Gasteiger partial charge is 0.309 e. The van der Waals surface area contributed by atoms with E-state index in [1.165, 1.54) is 33.0 Å². The molecule has 0 saturated carbocycles. The van der Waals surface area contributed by atoms with Crippen molar-refractivity contribution in [1.82, 2.24) is 0 Å². The Hall–Kier alpha value is -4.52. The summed E-state index contributed by atoms with van der Waals surface area (Å²) in [6.07, 6.45) is 10.2. The monoisotopic (exact) mass is 573 g/mol. The van der Waals surface area contributed by atoms with E-state index in [1.54, 1.807) is 0 Å². The topological polar surface area (TPSA) is 29.4 Å². The molecule has 43 heavy (non-hydrogen) atoms. The maximum atomic E-state index is 15.0. The summed E-state index contributed by atoms with van der Waals surface area (Å²) in [5.74, 6) is 0.534. The summed E-state index contributed by atoms with van der Waals surface area (Å²) in [6, 6.07) is 41.6. The molecule has 3 aliphatic rings. The predicted molar refractivity (Wildman–Crippen MR) is 179 cm³/mol. The van der Waals surface area contributed by atoms with E-state index in [4.69, 9.17) is 4.99 Å². The zero-order valence-corrected chi connectivity index (χ0v) is 25.0. The number of nitrogens with zero attached hydrogens (tertiary/aromatic N) is 1. The van der Waals surface area contributed by atoms with Gasteiger partial charge in [0.15, 0.2) is 7.14 Å². The Morgan fingerprint density at radius 1 is 0.674 bits per heavy atom. The molecule has 5 aromatic carbocycles. The normalized spacial score (nSPS) is 19.9. The third-order valence-electron chi connectivity index (χ3n) is 9.34. The second-order valence-corrected chi connectivity index (χ2v) is 14.6. The van der Waals surface area contributed by atoms with Gasteiger partial charge in [-0.3, -0.25) is 4.99 Å². The highest BCUT2D eigenvalue weighted by Crippen LogP contribution is 2.45. The minimum Gasteiger partial charge on any atom is -0.309 e. The van der Waals surface area contributed by atoms with Crippen LogP contribution in [0.5, 0.6) is 0 Å². The molecule has 1 aliphatic heterocycles. The molecule has 8 rings (SSSR count). The van der Waals surface area contributed by atoms with Crippen LogP contribution in [0.1, 0.15) is 53.1 Å². The fraction of sp³-hybridized carbons (Fsp3) is 0.125. The molecule has 3 heteroatoms. The smallest absolute Gasteiger partial charge is 0.171 e. The fourth-order valence-corrected chi connectivity index (χ4v) is 9.89. The molecule has 3 atom stereocenters. The van der Waals surface area contributed by atoms with Crippen LogP contribution < -0.4 is 26.5 Å². The third kappa shape index (κ3) is 4.16. The number of allylic oxidation sites excluding steroid dienone is 1. The van der Waals surface area contributed by atoms with Gasteiger partial charge in [-0.1, -0.05) is 153 Å². The van der Waals surface area contributed by atoms with Crippen molar-refractivity contribution in [3.05, 3.63) is 172 Å². The van der Waals surface area contributed by atoms with Crippen molar-refractivity contribution in [2.45, 2.75) is 25.3 Å². The summed E-state index contributed by atoms with van der Waals surface area (Å²) in [7, 11) is -3.05. The molecule has 0 aromatic heterocycles. The van der Waals surface area contributed by atoms with Gasteiger partial charge in [0, 0.05) is 27.1 Å². The molecule has 0 N–H and O–H groups in total. The summed E-state index contributed by atoms with van der Waals surface area (Å²) in [6.45, 7) is 2.32. The maximum Gasteiger partial charge on any atom is 0.171 e. The van der Waals surface area contributed by atoms with E-state index in [0.717, 1.165) is 33.3 Å². The molecule has 0 spiro atoms. The summed E-state index contributed by atoms with van der Waals surface area (Å²) in [5.41, 5.74) is 7.62. The number of rotatable bonds is 4. The quantitative estimate of drug-likeness (QED) is 0.212. The van der Waals surface area contributed by atoms with Crippen molar-refractivity contribution in [2.75, 3.05) is 0 Å². The second-order valence-electron chi connectivity index (χ2n) is 11.8. The molecule has 0 radical (unpaired) electrons. The van der Waals surface area contributed by atoms with Crippen LogP contribution in [-0.2, 0) is 4.57 Å². The lowest BCUT2D eigenvalue weighted by Gasteiger charge is -2.33. The van der Waals surface area contributed by atoms with Gasteiger partial charge in [0.05, 0.1) is 11.4 Å². The first-order valence-electron chi connectivity index (χ1n) is 15.1. The first-order valence-corrected chi connectivity index (χ1v) is 16.8. The molecule has 0 fully saturated rings. The highest BCUT2D eigenvalue weighted by atomic mass is 31.2. The van der Waals surface area contributed by atoms with Crippen molar-refractivity contribution >= 4 is 40.8 Å². The fourth-order valence-electron chi connectivity index (χ4n) is 7.24. The van der Waals surface area contributed by atoms with Crippen LogP contribution in [0, 0.1) is 5.92 Å². The van der Waals surface area contributed by atoms with Gasteiger partial charge in [-0.2, -0.15) is 0 Å². The van der Waals surface area contributed by atoms with Gasteiger partial charge in [0.25, 0.3) is 0 Å². The van der Waals surface area contributed by atoms with E-state index in [-0.39, 0.29) is 12.0 Å². The van der Waals surface area contributed by atoms with Crippen molar-refractivity contribution in [3.8, 4) is 0 Å². The number of hydrogen-bond donors (Lipinski definition) is 0. The zero-order valence-electron chi connectivity index (χ0n) is 24.1. The SMILES string of the molecule is CC1CC=Cc2ccc3c(c21)=NC1c2ccccc2C=CC1C=3c1ccc(P(=O)(c2ccccc2)c2ccccc2)cc1. The number of hydrogen-bond acceptors (Lipinski definition) is 2. The lowest BCUT2D eigenvalue weighted by molar-refractivity contribution is 0.591. The molecule has 0 amide bonds. The molecule has 0 saturated heterocycles. The van der Waals surface area contributed by atoms with E-state index in [0.29, 0.717) is 5.92 Å². The average molecular weight is 574 g/mol. The molecule has 1 heterocycles. The van der Waals surface area contributed by atoms with Gasteiger partial charge < -0.3 is 4.57 Å². The van der Waals surface area contributed by atoms with Gasteiger partial charge in [-0.25, -0.2) is 0 Å². The van der Waals surface area contributed by atoms with E-state index in [1.807, 2.05) is 60.7 Å². The van der Waals surface area contributed by atoms with Crippen LogP contribution in [0.15, 0.2) is 138 Å². The van der Waals surface area contributed by atoms with E-state index >= 15 is 4.57 Å². The first kappa shape index (κ1) is 26.1. The van der Waals surface area contributed by atoms with Crippen molar-refractivity contribution < 1.29 is 4.57 Å². The first-order chi connectivity index (χ1) is 21.1. The lowest BCUT2D eigenvalue weighted by atomic mass is 9.75. The van der Waals surface area contributed by atoms with Crippen molar-refractivity contribution in [1.29, 1.82) is 0 Å². The molecular weight excluding hydrogens is 541 g/mol. The van der Waals surface area contributed by atoms with Crippen LogP contribution in [0.3, 0.4) is 0 Å². The Morgan fingerprint density at radius 2 is 1.33 bits per heavy atom. The van der Waals surface area contributed by atoms with E-state index in [9.17, 15) is 0 Å². The van der Waals surface area contributed by atoms with Gasteiger partial charge in [-0.05, 0) is 45.7 Å². The van der Waals surface area contributed by atoms with Gasteiger partial charge in [0.2, 0.25) is 0 Å². The van der Waals surface area contributed by atoms with Crippen LogP contribution in [0.4, 0.5) is 0 Å². The number of benzene rings is 5. The Labute approximate surface area is 252 Å². The summed E-state index contributed by atoms with van der Waals surface area (Å²) in [5, 5.41) is 4.90. The standard InChI is InChI=1S/C40H32NOP/c1-27-11-10-13-29-22-26-36-38(35-25-21-28-12-8-9-18-34(28)39(35)41-40(36)37(27)29)30-19-23-33(24-20-30)43(42,31-14-4-2-5-15-31)32-16-6-3-7-17-32/h2-10,12-27,35,39H,11H2,1H3. The minimum absolute atomic E-state index is 0.0210. The maximum absolute atomic E-state index is 15.0. The second kappa shape index (κ2) is 10.3. The lowest BCUT2D eigenvalue weighted by Crippen LogP contribution is -2.40. The summed E-state index contributed by atoms with van der Waals surface area (Å²) in [4.78, 5) is 5.53. The minimum atomic E-state index is -3.05. The van der Waals surface area contributed by atoms with Gasteiger partial charge in [0.1, 0.15) is 0 Å². The predicted octanol–water partition coefficient (Wildman–Crippen LogP) is 7.06. The van der Waals surface area contributed by atoms with Crippen LogP contribution in [0.25, 0.3) is 17.7 Å². The molecule has 5 aromatic rings. The van der Waals surface area contributed by atoms with Gasteiger partial charge >= 0.3 is 0 Å². The molecule has 208 valence electrons. The molecule has 2 aliphatic carbocycles. The molecule has 0 bridgehead atoms. The van der Waals surface area contributed by atoms with Crippen LogP contribution >= 0.6 is 7.14 Å². The zero-order chi connectivity index (χ0) is 29.0. The molecular formula is C40H32NOP. The summed E-state index contributed by atoms with van der Waals surface area (Å²) >= 11 is 0. The van der Waals surface area contributed by atoms with Crippen molar-refractivity contribution in [2.24, 2.45) is 10.9 Å². The third-order valence-corrected chi connectivity index (χ3v) is 12.4. The Morgan fingerprint density at radius 3 is 2.05 bits per heavy atom. The number of fused-ring (bicyclic) bond motifs is 6.